The van der Waals surface area contributed by atoms with E-state index in [1.165, 1.54) is 12.8 Å². The summed E-state index contributed by atoms with van der Waals surface area (Å²) < 4.78 is 0. The lowest BCUT2D eigenvalue weighted by Gasteiger charge is -2.01. The highest BCUT2D eigenvalue weighted by atomic mass is 14.8. The Labute approximate surface area is 80.0 Å². The van der Waals surface area contributed by atoms with E-state index in [1.54, 1.807) is 0 Å². The minimum atomic E-state index is 0.864. The molecule has 0 bridgehead atoms. The van der Waals surface area contributed by atoms with Crippen LogP contribution in [0.15, 0.2) is 0 Å². The molecule has 0 spiro atoms. The van der Waals surface area contributed by atoms with Gasteiger partial charge in [0.2, 0.25) is 0 Å². The highest BCUT2D eigenvalue weighted by molar-refractivity contribution is 4.46. The van der Waals surface area contributed by atoms with Gasteiger partial charge in [0.1, 0.15) is 0 Å². The van der Waals surface area contributed by atoms with Crippen LogP contribution in [0.2, 0.25) is 0 Å². The van der Waals surface area contributed by atoms with Crippen molar-refractivity contribution in [2.24, 2.45) is 5.92 Å². The van der Waals surface area contributed by atoms with Gasteiger partial charge in [0.15, 0.2) is 0 Å². The van der Waals surface area contributed by atoms with Crippen LogP contribution < -0.4 is 5.32 Å². The van der Waals surface area contributed by atoms with E-state index in [-0.39, 0.29) is 0 Å². The van der Waals surface area contributed by atoms with E-state index in [2.05, 4.69) is 19.2 Å². The summed E-state index contributed by atoms with van der Waals surface area (Å²) in [5.41, 5.74) is 0. The molecule has 0 aliphatic carbocycles. The van der Waals surface area contributed by atoms with Gasteiger partial charge in [-0.05, 0) is 32.4 Å². The fourth-order valence-electron chi connectivity index (χ4n) is 0.687. The number of nitrogens with one attached hydrogen (secondary N) is 1. The molecular formula is C11H29N. The van der Waals surface area contributed by atoms with Gasteiger partial charge in [0.05, 0.1) is 0 Å². The van der Waals surface area contributed by atoms with E-state index in [0.29, 0.717) is 0 Å². The highest BCUT2D eigenvalue weighted by Crippen LogP contribution is 2.00. The van der Waals surface area contributed by atoms with Gasteiger partial charge >= 0.3 is 0 Å². The minimum absolute atomic E-state index is 0.864. The Kier molecular flexibility index (Phi) is 33.5. The maximum atomic E-state index is 3.12. The molecule has 0 radical (unpaired) electrons. The summed E-state index contributed by atoms with van der Waals surface area (Å²) in [5.74, 6) is 0.864. The maximum Gasteiger partial charge on any atom is -0.00518 e. The van der Waals surface area contributed by atoms with Crippen molar-refractivity contribution in [1.29, 1.82) is 0 Å². The van der Waals surface area contributed by atoms with Crippen LogP contribution in [0.4, 0.5) is 0 Å². The lowest BCUT2D eigenvalue weighted by atomic mass is 10.1. The second-order valence-electron chi connectivity index (χ2n) is 2.64. The zero-order valence-electron chi connectivity index (χ0n) is 10.2. The van der Waals surface area contributed by atoms with Crippen molar-refractivity contribution in [3.8, 4) is 0 Å². The van der Waals surface area contributed by atoms with E-state index in [1.807, 2.05) is 34.7 Å². The molecule has 0 aliphatic rings. The quantitative estimate of drug-likeness (QED) is 0.643. The van der Waals surface area contributed by atoms with Crippen LogP contribution in [0.3, 0.4) is 0 Å². The van der Waals surface area contributed by atoms with Gasteiger partial charge in [-0.25, -0.2) is 0 Å². The summed E-state index contributed by atoms with van der Waals surface area (Å²) in [6.07, 6.45) is 2.66. The van der Waals surface area contributed by atoms with Crippen molar-refractivity contribution in [3.63, 3.8) is 0 Å². The molecule has 0 atom stereocenters. The first-order chi connectivity index (χ1) is 5.77. The van der Waals surface area contributed by atoms with Crippen molar-refractivity contribution in [3.05, 3.63) is 0 Å². The molecule has 0 aromatic carbocycles. The third-order valence-electron chi connectivity index (χ3n) is 1.21. The smallest absolute Gasteiger partial charge is 0.00518 e. The first-order valence-electron chi connectivity index (χ1n) is 5.42. The van der Waals surface area contributed by atoms with Crippen LogP contribution >= 0.6 is 0 Å². The fourth-order valence-corrected chi connectivity index (χ4v) is 0.687. The average molecular weight is 175 g/mol. The van der Waals surface area contributed by atoms with Crippen molar-refractivity contribution >= 4 is 0 Å². The van der Waals surface area contributed by atoms with Crippen LogP contribution in [0.25, 0.3) is 0 Å². The molecule has 0 aliphatic heterocycles. The minimum Gasteiger partial charge on any atom is -0.320 e. The summed E-state index contributed by atoms with van der Waals surface area (Å²) in [6.45, 7) is 13.7. The first kappa shape index (κ1) is 17.9. The second-order valence-corrected chi connectivity index (χ2v) is 2.64. The van der Waals surface area contributed by atoms with Gasteiger partial charge in [0, 0.05) is 0 Å². The van der Waals surface area contributed by atoms with Gasteiger partial charge in [-0.15, -0.1) is 0 Å². The topological polar surface area (TPSA) is 12.0 Å². The molecule has 0 saturated heterocycles. The molecule has 0 fully saturated rings. The summed E-state index contributed by atoms with van der Waals surface area (Å²) in [5, 5.41) is 3.12. The number of hydrogen-bond donors (Lipinski definition) is 1. The van der Waals surface area contributed by atoms with Gasteiger partial charge in [-0.2, -0.15) is 0 Å². The Morgan fingerprint density at radius 1 is 1.00 bits per heavy atom. The van der Waals surface area contributed by atoms with Crippen molar-refractivity contribution in [1.82, 2.24) is 5.32 Å². The van der Waals surface area contributed by atoms with Crippen molar-refractivity contribution in [2.45, 2.75) is 54.4 Å². The van der Waals surface area contributed by atoms with Gasteiger partial charge < -0.3 is 5.32 Å². The molecule has 0 rings (SSSR count). The van der Waals surface area contributed by atoms with Crippen LogP contribution in [0, 0.1) is 5.92 Å². The molecule has 0 aromatic rings. The summed E-state index contributed by atoms with van der Waals surface area (Å²) in [6, 6.07) is 0. The zero-order valence-corrected chi connectivity index (χ0v) is 10.2. The van der Waals surface area contributed by atoms with Crippen molar-refractivity contribution < 1.29 is 0 Å². The Morgan fingerprint density at radius 3 is 1.67 bits per heavy atom. The molecule has 0 saturated carbocycles. The Bertz CT molecular complexity index is 42.3. The Morgan fingerprint density at radius 2 is 1.42 bits per heavy atom. The summed E-state index contributed by atoms with van der Waals surface area (Å²) >= 11 is 0. The molecule has 78 valence electrons. The largest absolute Gasteiger partial charge is 0.320 e. The molecular weight excluding hydrogens is 146 g/mol. The molecule has 0 amide bonds. The van der Waals surface area contributed by atoms with E-state index in [9.17, 15) is 0 Å². The SMILES string of the molecule is CC.CC.CNCCCC(C)C. The summed E-state index contributed by atoms with van der Waals surface area (Å²) in [4.78, 5) is 0. The van der Waals surface area contributed by atoms with Crippen LogP contribution in [0.5, 0.6) is 0 Å². The molecule has 0 unspecified atom stereocenters. The predicted molar refractivity (Wildman–Crippen MR) is 60.7 cm³/mol. The van der Waals surface area contributed by atoms with Crippen molar-refractivity contribution in [2.75, 3.05) is 13.6 Å². The lowest BCUT2D eigenvalue weighted by molar-refractivity contribution is 0.543. The molecule has 0 aromatic heterocycles. The Balaban J connectivity index is -0.000000175. The normalized spacial score (nSPS) is 8.00. The standard InChI is InChI=1S/C7H17N.2C2H6/c1-7(2)5-4-6-8-3;2*1-2/h7-8H,4-6H2,1-3H3;2*1-2H3. The average Bonchev–Trinajstić information content (AvgIpc) is 2.12. The zero-order chi connectivity index (χ0) is 10.4. The van der Waals surface area contributed by atoms with E-state index >= 15 is 0 Å². The van der Waals surface area contributed by atoms with E-state index < -0.39 is 0 Å². The fraction of sp³-hybridized carbons (Fsp3) is 1.00. The summed E-state index contributed by atoms with van der Waals surface area (Å²) in [7, 11) is 2.00. The number of hydrogen-bond acceptors (Lipinski definition) is 1. The van der Waals surface area contributed by atoms with Crippen LogP contribution in [0.1, 0.15) is 54.4 Å². The van der Waals surface area contributed by atoms with E-state index in [0.717, 1.165) is 12.5 Å². The molecule has 0 heterocycles. The maximum absolute atomic E-state index is 3.12. The predicted octanol–water partition coefficient (Wildman–Crippen LogP) is 3.69. The third-order valence-corrected chi connectivity index (χ3v) is 1.21. The number of rotatable bonds is 4. The van der Waals surface area contributed by atoms with Gasteiger partial charge in [0.25, 0.3) is 0 Å². The molecule has 1 nitrogen and oxygen atoms in total. The highest BCUT2D eigenvalue weighted by Gasteiger charge is 1.90. The van der Waals surface area contributed by atoms with Crippen LogP contribution in [-0.4, -0.2) is 13.6 Å². The first-order valence-corrected chi connectivity index (χ1v) is 5.42. The molecule has 1 N–H and O–H groups in total. The Hall–Kier alpha value is -0.0400. The second kappa shape index (κ2) is 22.4. The monoisotopic (exact) mass is 175 g/mol. The lowest BCUT2D eigenvalue weighted by Crippen LogP contribution is -2.08. The van der Waals surface area contributed by atoms with Crippen LogP contribution in [-0.2, 0) is 0 Å². The molecule has 12 heavy (non-hydrogen) atoms. The third kappa shape index (κ3) is 32.5. The van der Waals surface area contributed by atoms with Gasteiger partial charge in [-0.3, -0.25) is 0 Å². The van der Waals surface area contributed by atoms with E-state index in [4.69, 9.17) is 0 Å². The molecule has 1 heteroatoms. The van der Waals surface area contributed by atoms with Gasteiger partial charge in [-0.1, -0.05) is 41.5 Å².